The van der Waals surface area contributed by atoms with E-state index in [2.05, 4.69) is 118 Å². The molecular formula is C59H98O6. The maximum atomic E-state index is 12.8. The van der Waals surface area contributed by atoms with Crippen molar-refractivity contribution >= 4 is 17.9 Å². The van der Waals surface area contributed by atoms with Gasteiger partial charge in [0, 0.05) is 19.3 Å². The number of esters is 3. The first-order chi connectivity index (χ1) is 32.0. The summed E-state index contributed by atoms with van der Waals surface area (Å²) in [5, 5.41) is 0. The van der Waals surface area contributed by atoms with Gasteiger partial charge in [-0.3, -0.25) is 14.4 Å². The van der Waals surface area contributed by atoms with Gasteiger partial charge < -0.3 is 14.2 Å². The average molecular weight is 903 g/mol. The molecule has 6 heteroatoms. The molecule has 370 valence electrons. The molecule has 1 atom stereocenters. The Bertz CT molecular complexity index is 1310. The SMILES string of the molecule is CC/C=C\C/C=C\C/C=C\C/C=C\CCCCCCC(=O)OC[C@H](COC(=O)CCCCCCC/C=C\CCCCCC)OC(=O)CCC/C=C\C/C=C\C/C=C\CCCCCCCC. The van der Waals surface area contributed by atoms with E-state index in [9.17, 15) is 14.4 Å². The highest BCUT2D eigenvalue weighted by atomic mass is 16.6. The second kappa shape index (κ2) is 52.9. The molecule has 0 saturated carbocycles. The molecule has 6 nitrogen and oxygen atoms in total. The van der Waals surface area contributed by atoms with Gasteiger partial charge in [-0.15, -0.1) is 0 Å². The third-order valence-electron chi connectivity index (χ3n) is 11.0. The summed E-state index contributed by atoms with van der Waals surface area (Å²) in [5.41, 5.74) is 0. The van der Waals surface area contributed by atoms with E-state index in [0.29, 0.717) is 19.3 Å². The van der Waals surface area contributed by atoms with Gasteiger partial charge in [0.2, 0.25) is 0 Å². The van der Waals surface area contributed by atoms with Crippen LogP contribution in [0.15, 0.2) is 97.2 Å². The van der Waals surface area contributed by atoms with Crippen LogP contribution in [0, 0.1) is 0 Å². The molecule has 0 aromatic carbocycles. The van der Waals surface area contributed by atoms with Gasteiger partial charge in [0.05, 0.1) is 0 Å². The van der Waals surface area contributed by atoms with E-state index in [1.807, 2.05) is 0 Å². The normalized spacial score (nSPS) is 12.8. The van der Waals surface area contributed by atoms with E-state index < -0.39 is 6.10 Å². The summed E-state index contributed by atoms with van der Waals surface area (Å²) >= 11 is 0. The zero-order valence-corrected chi connectivity index (χ0v) is 42.2. The standard InChI is InChI=1S/C59H98O6/c1-4-7-10-13-16-19-22-25-27-29-31-34-37-40-43-46-49-52-58(61)64-55-56(54-63-57(60)51-48-45-42-39-36-33-24-21-18-15-12-9-6-3)65-59(62)53-50-47-44-41-38-35-32-30-28-26-23-20-17-14-11-8-5-2/h7,10,16,19,21,24-28,31-32,34-35,41,44,56H,4-6,8-9,11-15,17-18,20,22-23,29-30,33,36-40,42-43,45-55H2,1-3H3/b10-7-,19-16-,24-21-,27-25-,28-26-,34-31-,35-32-,44-41-/t56-/m0/s1. The van der Waals surface area contributed by atoms with Crippen molar-refractivity contribution in [3.63, 3.8) is 0 Å². The van der Waals surface area contributed by atoms with Gasteiger partial charge in [0.15, 0.2) is 6.10 Å². The van der Waals surface area contributed by atoms with Crippen molar-refractivity contribution in [1.29, 1.82) is 0 Å². The Balaban J connectivity index is 4.53. The summed E-state index contributed by atoms with van der Waals surface area (Å²) in [6, 6.07) is 0. The first kappa shape index (κ1) is 61.3. The molecule has 0 fully saturated rings. The zero-order chi connectivity index (χ0) is 47.2. The van der Waals surface area contributed by atoms with Crippen LogP contribution in [-0.4, -0.2) is 37.2 Å². The molecule has 0 heterocycles. The third-order valence-corrected chi connectivity index (χ3v) is 11.0. The maximum absolute atomic E-state index is 12.8. The zero-order valence-electron chi connectivity index (χ0n) is 42.2. The maximum Gasteiger partial charge on any atom is 0.306 e. The van der Waals surface area contributed by atoms with Crippen LogP contribution in [0.4, 0.5) is 0 Å². The monoisotopic (exact) mass is 903 g/mol. The lowest BCUT2D eigenvalue weighted by Crippen LogP contribution is -2.30. The van der Waals surface area contributed by atoms with Crippen LogP contribution in [0.3, 0.4) is 0 Å². The van der Waals surface area contributed by atoms with Gasteiger partial charge >= 0.3 is 17.9 Å². The molecule has 0 aromatic heterocycles. The number of carbonyl (C=O) groups is 3. The molecular weight excluding hydrogens is 805 g/mol. The van der Waals surface area contributed by atoms with Crippen LogP contribution in [0.2, 0.25) is 0 Å². The lowest BCUT2D eigenvalue weighted by molar-refractivity contribution is -0.167. The number of unbranched alkanes of at least 4 members (excludes halogenated alkanes) is 20. The summed E-state index contributed by atoms with van der Waals surface area (Å²) in [4.78, 5) is 38.0. The topological polar surface area (TPSA) is 78.9 Å². The van der Waals surface area contributed by atoms with E-state index in [1.54, 1.807) is 0 Å². The fourth-order valence-corrected chi connectivity index (χ4v) is 7.03. The Morgan fingerprint density at radius 3 is 1.02 bits per heavy atom. The van der Waals surface area contributed by atoms with E-state index in [1.165, 1.54) is 83.5 Å². The lowest BCUT2D eigenvalue weighted by atomic mass is 10.1. The Morgan fingerprint density at radius 2 is 0.615 bits per heavy atom. The highest BCUT2D eigenvalue weighted by Crippen LogP contribution is 2.12. The number of hydrogen-bond acceptors (Lipinski definition) is 6. The lowest BCUT2D eigenvalue weighted by Gasteiger charge is -2.18. The van der Waals surface area contributed by atoms with Gasteiger partial charge in [0.1, 0.15) is 13.2 Å². The van der Waals surface area contributed by atoms with Crippen molar-refractivity contribution in [2.45, 2.75) is 245 Å². The van der Waals surface area contributed by atoms with Crippen LogP contribution in [0.1, 0.15) is 239 Å². The molecule has 0 unspecified atom stereocenters. The Hall–Kier alpha value is -3.67. The largest absolute Gasteiger partial charge is 0.462 e. The first-order valence-corrected chi connectivity index (χ1v) is 26.7. The number of hydrogen-bond donors (Lipinski definition) is 0. The minimum absolute atomic E-state index is 0.111. The fourth-order valence-electron chi connectivity index (χ4n) is 7.03. The number of rotatable bonds is 47. The minimum atomic E-state index is -0.818. The van der Waals surface area contributed by atoms with Crippen LogP contribution in [0.5, 0.6) is 0 Å². The highest BCUT2D eigenvalue weighted by Gasteiger charge is 2.19. The quantitative estimate of drug-likeness (QED) is 0.0262. The molecule has 0 aliphatic heterocycles. The van der Waals surface area contributed by atoms with Crippen molar-refractivity contribution in [3.8, 4) is 0 Å². The van der Waals surface area contributed by atoms with Crippen molar-refractivity contribution < 1.29 is 28.6 Å². The molecule has 0 amide bonds. The van der Waals surface area contributed by atoms with E-state index >= 15 is 0 Å². The number of allylic oxidation sites excluding steroid dienone is 16. The fraction of sp³-hybridized carbons (Fsp3) is 0.678. The van der Waals surface area contributed by atoms with E-state index in [4.69, 9.17) is 14.2 Å². The predicted molar refractivity (Wildman–Crippen MR) is 279 cm³/mol. The second-order valence-corrected chi connectivity index (χ2v) is 17.4. The van der Waals surface area contributed by atoms with Gasteiger partial charge in [-0.2, -0.15) is 0 Å². The van der Waals surface area contributed by atoms with Crippen molar-refractivity contribution in [3.05, 3.63) is 97.2 Å². The molecule has 0 aromatic rings. The molecule has 0 saturated heterocycles. The van der Waals surface area contributed by atoms with E-state index in [0.717, 1.165) is 109 Å². The molecule has 0 aliphatic carbocycles. The minimum Gasteiger partial charge on any atom is -0.462 e. The third kappa shape index (κ3) is 51.2. The van der Waals surface area contributed by atoms with E-state index in [-0.39, 0.29) is 37.5 Å². The summed E-state index contributed by atoms with van der Waals surface area (Å²) in [7, 11) is 0. The van der Waals surface area contributed by atoms with Crippen LogP contribution >= 0.6 is 0 Å². The Morgan fingerprint density at radius 1 is 0.323 bits per heavy atom. The molecule has 65 heavy (non-hydrogen) atoms. The molecule has 0 rings (SSSR count). The van der Waals surface area contributed by atoms with Crippen molar-refractivity contribution in [2.75, 3.05) is 13.2 Å². The summed E-state index contributed by atoms with van der Waals surface area (Å²) in [6.07, 6.45) is 69.7. The van der Waals surface area contributed by atoms with Crippen molar-refractivity contribution in [1.82, 2.24) is 0 Å². The average Bonchev–Trinajstić information content (AvgIpc) is 3.30. The summed E-state index contributed by atoms with van der Waals surface area (Å²) in [5.74, 6) is -0.998. The number of ether oxygens (including phenoxy) is 3. The van der Waals surface area contributed by atoms with Crippen LogP contribution < -0.4 is 0 Å². The predicted octanol–water partition coefficient (Wildman–Crippen LogP) is 17.8. The summed E-state index contributed by atoms with van der Waals surface area (Å²) < 4.78 is 16.7. The Labute approximate surface area is 400 Å². The number of carbonyl (C=O) groups excluding carboxylic acids is 3. The molecule has 0 bridgehead atoms. The Kier molecular flexibility index (Phi) is 50.0. The smallest absolute Gasteiger partial charge is 0.306 e. The second-order valence-electron chi connectivity index (χ2n) is 17.4. The highest BCUT2D eigenvalue weighted by molar-refractivity contribution is 5.71. The molecule has 0 spiro atoms. The molecule has 0 radical (unpaired) electrons. The van der Waals surface area contributed by atoms with Crippen LogP contribution in [-0.2, 0) is 28.6 Å². The van der Waals surface area contributed by atoms with Crippen molar-refractivity contribution in [2.24, 2.45) is 0 Å². The van der Waals surface area contributed by atoms with Gasteiger partial charge in [-0.05, 0) is 116 Å². The first-order valence-electron chi connectivity index (χ1n) is 26.7. The van der Waals surface area contributed by atoms with Gasteiger partial charge in [-0.1, -0.05) is 201 Å². The molecule has 0 aliphatic rings. The van der Waals surface area contributed by atoms with Gasteiger partial charge in [-0.25, -0.2) is 0 Å². The molecule has 0 N–H and O–H groups in total. The summed E-state index contributed by atoms with van der Waals surface area (Å²) in [6.45, 7) is 6.43. The van der Waals surface area contributed by atoms with Crippen LogP contribution in [0.25, 0.3) is 0 Å². The van der Waals surface area contributed by atoms with Gasteiger partial charge in [0.25, 0.3) is 0 Å².